The summed E-state index contributed by atoms with van der Waals surface area (Å²) in [6.45, 7) is 0.237. The second kappa shape index (κ2) is 5.36. The Morgan fingerprint density at radius 2 is 1.89 bits per heavy atom. The van der Waals surface area contributed by atoms with E-state index in [-0.39, 0.29) is 6.61 Å². The fraction of sp³-hybridized carbons (Fsp3) is 0.385. The van der Waals surface area contributed by atoms with Gasteiger partial charge in [0.1, 0.15) is 5.25 Å². The summed E-state index contributed by atoms with van der Waals surface area (Å²) in [4.78, 5) is 0.647. The van der Waals surface area contributed by atoms with Crippen LogP contribution >= 0.6 is 11.8 Å². The van der Waals surface area contributed by atoms with Crippen LogP contribution in [-0.4, -0.2) is 25.1 Å². The normalized spacial score (nSPS) is 24.1. The summed E-state index contributed by atoms with van der Waals surface area (Å²) in [5, 5.41) is -1.41. The van der Waals surface area contributed by atoms with Crippen LogP contribution in [0.4, 0.5) is 13.2 Å². The molecule has 18 heavy (non-hydrogen) atoms. The molecule has 1 nitrogen and oxygen atoms in total. The minimum atomic E-state index is -4.21. The molecule has 1 aromatic carbocycles. The first-order valence-electron chi connectivity index (χ1n) is 5.50. The third kappa shape index (κ3) is 2.90. The summed E-state index contributed by atoms with van der Waals surface area (Å²) in [6, 6.07) is 8.78. The first kappa shape index (κ1) is 13.5. The lowest BCUT2D eigenvalue weighted by Crippen LogP contribution is -2.29. The highest BCUT2D eigenvalue weighted by atomic mass is 32.2. The molecule has 2 unspecified atom stereocenters. The van der Waals surface area contributed by atoms with Gasteiger partial charge in [0.2, 0.25) is 0 Å². The number of halogens is 3. The standard InChI is InChI=1S/C13H13F3OS/c1-17-8-10-7-11(9-5-3-2-4-6-9)12(18-10)13(14,15)16/h2-7,11-12H,8H2,1H3. The molecule has 1 heterocycles. The van der Waals surface area contributed by atoms with Gasteiger partial charge >= 0.3 is 6.18 Å². The van der Waals surface area contributed by atoms with Gasteiger partial charge in [-0.2, -0.15) is 13.2 Å². The van der Waals surface area contributed by atoms with E-state index in [1.807, 2.05) is 0 Å². The molecule has 0 saturated carbocycles. The van der Waals surface area contributed by atoms with E-state index in [2.05, 4.69) is 0 Å². The van der Waals surface area contributed by atoms with Gasteiger partial charge in [-0.3, -0.25) is 0 Å². The van der Waals surface area contributed by atoms with Crippen LogP contribution in [0.1, 0.15) is 11.5 Å². The predicted molar refractivity (Wildman–Crippen MR) is 66.6 cm³/mol. The molecule has 0 saturated heterocycles. The Morgan fingerprint density at radius 3 is 2.44 bits per heavy atom. The lowest BCUT2D eigenvalue weighted by molar-refractivity contribution is -0.130. The monoisotopic (exact) mass is 274 g/mol. The van der Waals surface area contributed by atoms with Crippen LogP contribution < -0.4 is 0 Å². The van der Waals surface area contributed by atoms with E-state index in [0.717, 1.165) is 11.8 Å². The molecule has 98 valence electrons. The van der Waals surface area contributed by atoms with Gasteiger partial charge in [0, 0.05) is 17.9 Å². The third-order valence-electron chi connectivity index (χ3n) is 2.76. The van der Waals surface area contributed by atoms with E-state index in [9.17, 15) is 13.2 Å². The summed E-state index contributed by atoms with van der Waals surface area (Å²) < 4.78 is 44.0. The van der Waals surface area contributed by atoms with E-state index >= 15 is 0 Å². The van der Waals surface area contributed by atoms with Crippen LogP contribution in [0.25, 0.3) is 0 Å². The fourth-order valence-corrected chi connectivity index (χ4v) is 3.26. The molecule has 0 fully saturated rings. The summed E-state index contributed by atoms with van der Waals surface area (Å²) in [5.74, 6) is -0.624. The van der Waals surface area contributed by atoms with Gasteiger partial charge < -0.3 is 4.74 Å². The lowest BCUT2D eigenvalue weighted by Gasteiger charge is -2.21. The number of thioether (sulfide) groups is 1. The Bertz CT molecular complexity index is 428. The summed E-state index contributed by atoms with van der Waals surface area (Å²) in [6.07, 6.45) is -2.54. The van der Waals surface area contributed by atoms with Crippen LogP contribution in [-0.2, 0) is 4.74 Å². The van der Waals surface area contributed by atoms with Crippen molar-refractivity contribution in [3.63, 3.8) is 0 Å². The Labute approximate surface area is 108 Å². The molecule has 0 aliphatic carbocycles. The van der Waals surface area contributed by atoms with E-state index in [1.165, 1.54) is 7.11 Å². The van der Waals surface area contributed by atoms with Crippen molar-refractivity contribution in [1.29, 1.82) is 0 Å². The van der Waals surface area contributed by atoms with Crippen molar-refractivity contribution in [1.82, 2.24) is 0 Å². The number of hydrogen-bond acceptors (Lipinski definition) is 2. The quantitative estimate of drug-likeness (QED) is 0.824. The third-order valence-corrected chi connectivity index (χ3v) is 4.13. The largest absolute Gasteiger partial charge is 0.401 e. The molecule has 1 aliphatic rings. The van der Waals surface area contributed by atoms with E-state index in [0.29, 0.717) is 10.5 Å². The Balaban J connectivity index is 2.28. The maximum atomic E-state index is 13.0. The molecule has 0 N–H and O–H groups in total. The molecule has 0 amide bonds. The molecular weight excluding hydrogens is 261 g/mol. The zero-order valence-corrected chi connectivity index (χ0v) is 10.6. The van der Waals surface area contributed by atoms with Crippen LogP contribution in [0.3, 0.4) is 0 Å². The number of rotatable bonds is 3. The average Bonchev–Trinajstić information content (AvgIpc) is 2.75. The first-order chi connectivity index (χ1) is 8.52. The molecule has 0 bridgehead atoms. The van der Waals surface area contributed by atoms with Crippen molar-refractivity contribution in [2.45, 2.75) is 17.3 Å². The van der Waals surface area contributed by atoms with E-state index in [1.54, 1.807) is 36.4 Å². The minimum absolute atomic E-state index is 0.237. The topological polar surface area (TPSA) is 9.23 Å². The number of hydrogen-bond donors (Lipinski definition) is 0. The zero-order valence-electron chi connectivity index (χ0n) is 9.78. The van der Waals surface area contributed by atoms with Crippen LogP contribution in [0, 0.1) is 0 Å². The van der Waals surface area contributed by atoms with Gasteiger partial charge in [-0.1, -0.05) is 36.4 Å². The summed E-state index contributed by atoms with van der Waals surface area (Å²) >= 11 is 0.856. The Hall–Kier alpha value is -0.940. The van der Waals surface area contributed by atoms with E-state index < -0.39 is 17.3 Å². The highest BCUT2D eigenvalue weighted by molar-refractivity contribution is 8.04. The summed E-state index contributed by atoms with van der Waals surface area (Å²) in [5.41, 5.74) is 0.693. The number of methoxy groups -OCH3 is 1. The molecule has 0 spiro atoms. The number of benzene rings is 1. The number of ether oxygens (including phenoxy) is 1. The molecule has 2 rings (SSSR count). The maximum Gasteiger partial charge on any atom is 0.401 e. The van der Waals surface area contributed by atoms with Gasteiger partial charge in [0.15, 0.2) is 0 Å². The second-order valence-corrected chi connectivity index (χ2v) is 5.35. The summed E-state index contributed by atoms with van der Waals surface area (Å²) in [7, 11) is 1.49. The molecule has 5 heteroatoms. The lowest BCUT2D eigenvalue weighted by atomic mass is 9.95. The van der Waals surface area contributed by atoms with Crippen molar-refractivity contribution in [2.75, 3.05) is 13.7 Å². The number of alkyl halides is 3. The first-order valence-corrected chi connectivity index (χ1v) is 6.38. The average molecular weight is 274 g/mol. The highest BCUT2D eigenvalue weighted by Crippen LogP contribution is 2.49. The van der Waals surface area contributed by atoms with Crippen molar-refractivity contribution in [3.05, 3.63) is 46.9 Å². The molecule has 0 radical (unpaired) electrons. The second-order valence-electron chi connectivity index (χ2n) is 4.08. The van der Waals surface area contributed by atoms with Gasteiger partial charge in [-0.05, 0) is 5.56 Å². The minimum Gasteiger partial charge on any atom is -0.379 e. The van der Waals surface area contributed by atoms with Crippen molar-refractivity contribution < 1.29 is 17.9 Å². The zero-order chi connectivity index (χ0) is 13.2. The van der Waals surface area contributed by atoms with Gasteiger partial charge in [-0.25, -0.2) is 0 Å². The Morgan fingerprint density at radius 1 is 1.22 bits per heavy atom. The van der Waals surface area contributed by atoms with Crippen LogP contribution in [0.5, 0.6) is 0 Å². The van der Waals surface area contributed by atoms with Gasteiger partial charge in [0.05, 0.1) is 6.61 Å². The van der Waals surface area contributed by atoms with Gasteiger partial charge in [0.25, 0.3) is 0 Å². The number of allylic oxidation sites excluding steroid dienone is 1. The molecule has 1 aliphatic heterocycles. The van der Waals surface area contributed by atoms with Crippen molar-refractivity contribution in [3.8, 4) is 0 Å². The molecule has 1 aromatic rings. The maximum absolute atomic E-state index is 13.0. The smallest absolute Gasteiger partial charge is 0.379 e. The van der Waals surface area contributed by atoms with E-state index in [4.69, 9.17) is 4.74 Å². The predicted octanol–water partition coefficient (Wildman–Crippen LogP) is 3.98. The SMILES string of the molecule is COCC1=CC(c2ccccc2)C(C(F)(F)F)S1. The highest BCUT2D eigenvalue weighted by Gasteiger charge is 2.48. The van der Waals surface area contributed by atoms with Gasteiger partial charge in [-0.15, -0.1) is 11.8 Å². The van der Waals surface area contributed by atoms with Crippen LogP contribution in [0.15, 0.2) is 41.3 Å². The van der Waals surface area contributed by atoms with Crippen molar-refractivity contribution >= 4 is 11.8 Å². The Kier molecular flexibility index (Phi) is 4.02. The van der Waals surface area contributed by atoms with Crippen molar-refractivity contribution in [2.24, 2.45) is 0 Å². The molecule has 2 atom stereocenters. The molecule has 0 aromatic heterocycles. The van der Waals surface area contributed by atoms with Crippen LogP contribution in [0.2, 0.25) is 0 Å². The molecular formula is C13H13F3OS. The fourth-order valence-electron chi connectivity index (χ4n) is 2.00.